The average molecular weight is 358 g/mol. The zero-order valence-electron chi connectivity index (χ0n) is 12.5. The molecule has 0 unspecified atom stereocenters. The van der Waals surface area contributed by atoms with E-state index in [1.807, 2.05) is 5.32 Å². The highest BCUT2D eigenvalue weighted by Crippen LogP contribution is 2.34. The summed E-state index contributed by atoms with van der Waals surface area (Å²) in [7, 11) is 0. The summed E-state index contributed by atoms with van der Waals surface area (Å²) in [5.74, 6) is -4.17. The Morgan fingerprint density at radius 3 is 2.28 bits per heavy atom. The zero-order valence-corrected chi connectivity index (χ0v) is 12.5. The molecule has 132 valence electrons. The predicted molar refractivity (Wildman–Crippen MR) is 78.8 cm³/mol. The number of rotatable bonds is 4. The maximum Gasteiger partial charge on any atom is 0.418 e. The van der Waals surface area contributed by atoms with Gasteiger partial charge in [0.05, 0.1) is 17.8 Å². The quantitative estimate of drug-likeness (QED) is 0.824. The fraction of sp³-hybridized carbons (Fsp3) is 0.125. The molecule has 4 nitrogen and oxygen atoms in total. The Balaban J connectivity index is 1.99. The highest BCUT2D eigenvalue weighted by atomic mass is 19.4. The third-order valence-corrected chi connectivity index (χ3v) is 3.10. The zero-order chi connectivity index (χ0) is 18.6. The first-order chi connectivity index (χ1) is 11.7. The van der Waals surface area contributed by atoms with Crippen molar-refractivity contribution in [2.75, 3.05) is 11.9 Å². The van der Waals surface area contributed by atoms with E-state index in [4.69, 9.17) is 0 Å². The second kappa shape index (κ2) is 7.29. The number of halogens is 5. The van der Waals surface area contributed by atoms with Gasteiger partial charge in [0.2, 0.25) is 5.91 Å². The van der Waals surface area contributed by atoms with Crippen LogP contribution in [0, 0.1) is 11.6 Å². The minimum atomic E-state index is -4.65. The molecule has 2 amide bonds. The fourth-order valence-corrected chi connectivity index (χ4v) is 1.93. The number of nitrogens with one attached hydrogen (secondary N) is 2. The molecular formula is C16H11F5N2O2. The lowest BCUT2D eigenvalue weighted by molar-refractivity contribution is -0.137. The van der Waals surface area contributed by atoms with Gasteiger partial charge in [-0.3, -0.25) is 9.59 Å². The van der Waals surface area contributed by atoms with Gasteiger partial charge in [-0.15, -0.1) is 0 Å². The van der Waals surface area contributed by atoms with Gasteiger partial charge in [0, 0.05) is 5.56 Å². The van der Waals surface area contributed by atoms with Crippen molar-refractivity contribution in [1.82, 2.24) is 5.32 Å². The number of carbonyl (C=O) groups is 2. The summed E-state index contributed by atoms with van der Waals surface area (Å²) >= 11 is 0. The Labute approximate surface area is 138 Å². The Hall–Kier alpha value is -2.97. The lowest BCUT2D eigenvalue weighted by Gasteiger charge is -2.13. The molecule has 0 aliphatic carbocycles. The van der Waals surface area contributed by atoms with Gasteiger partial charge in [0.25, 0.3) is 5.91 Å². The molecule has 0 saturated heterocycles. The number of amides is 2. The normalized spacial score (nSPS) is 11.1. The number of hydrogen-bond donors (Lipinski definition) is 2. The van der Waals surface area contributed by atoms with E-state index >= 15 is 0 Å². The van der Waals surface area contributed by atoms with Crippen LogP contribution >= 0.6 is 0 Å². The van der Waals surface area contributed by atoms with Crippen LogP contribution in [0.25, 0.3) is 0 Å². The number of carbonyl (C=O) groups excluding carboxylic acids is 2. The van der Waals surface area contributed by atoms with E-state index in [1.165, 1.54) is 12.1 Å². The maximum atomic E-state index is 13.0. The maximum absolute atomic E-state index is 13.0. The Bertz CT molecular complexity index is 805. The Morgan fingerprint density at radius 1 is 0.960 bits per heavy atom. The fourth-order valence-electron chi connectivity index (χ4n) is 1.93. The first kappa shape index (κ1) is 18.4. The van der Waals surface area contributed by atoms with Gasteiger partial charge in [-0.05, 0) is 30.3 Å². The third kappa shape index (κ3) is 4.75. The largest absolute Gasteiger partial charge is 0.418 e. The van der Waals surface area contributed by atoms with Gasteiger partial charge in [-0.1, -0.05) is 12.1 Å². The second-order valence-electron chi connectivity index (χ2n) is 4.90. The van der Waals surface area contributed by atoms with Crippen LogP contribution in [0.4, 0.5) is 27.6 Å². The molecule has 2 N–H and O–H groups in total. The van der Waals surface area contributed by atoms with Gasteiger partial charge < -0.3 is 10.6 Å². The number of alkyl halides is 3. The smallest absolute Gasteiger partial charge is 0.343 e. The summed E-state index contributed by atoms with van der Waals surface area (Å²) in [5.41, 5.74) is -1.72. The van der Waals surface area contributed by atoms with E-state index < -0.39 is 47.4 Å². The molecule has 25 heavy (non-hydrogen) atoms. The first-order valence-corrected chi connectivity index (χ1v) is 6.88. The molecule has 0 spiro atoms. The van der Waals surface area contributed by atoms with E-state index in [9.17, 15) is 31.5 Å². The lowest BCUT2D eigenvalue weighted by Crippen LogP contribution is -2.33. The number of benzene rings is 2. The molecule has 0 aliphatic heterocycles. The number of anilines is 1. The summed E-state index contributed by atoms with van der Waals surface area (Å²) < 4.78 is 64.3. The summed E-state index contributed by atoms with van der Waals surface area (Å²) in [6.07, 6.45) is -4.65. The van der Waals surface area contributed by atoms with Crippen molar-refractivity contribution in [3.05, 3.63) is 65.2 Å². The summed E-state index contributed by atoms with van der Waals surface area (Å²) in [6, 6.07) is 6.73. The van der Waals surface area contributed by atoms with E-state index in [2.05, 4.69) is 5.32 Å². The Morgan fingerprint density at radius 2 is 1.64 bits per heavy atom. The van der Waals surface area contributed by atoms with E-state index in [1.54, 1.807) is 0 Å². The van der Waals surface area contributed by atoms with Crippen molar-refractivity contribution in [1.29, 1.82) is 0 Å². The SMILES string of the molecule is O=C(CNC(=O)c1ccc(F)c(F)c1)Nc1ccccc1C(F)(F)F. The standard InChI is InChI=1S/C16H11F5N2O2/c17-11-6-5-9(7-12(11)18)15(25)22-8-14(24)23-13-4-2-1-3-10(13)16(19,20)21/h1-7H,8H2,(H,22,25)(H,23,24). The average Bonchev–Trinajstić information content (AvgIpc) is 2.54. The van der Waals surface area contributed by atoms with Crippen LogP contribution in [0.1, 0.15) is 15.9 Å². The van der Waals surface area contributed by atoms with Crippen molar-refractivity contribution in [3.63, 3.8) is 0 Å². The van der Waals surface area contributed by atoms with Crippen LogP contribution in [-0.2, 0) is 11.0 Å². The number of hydrogen-bond acceptors (Lipinski definition) is 2. The molecule has 0 saturated carbocycles. The summed E-state index contributed by atoms with van der Waals surface area (Å²) in [6.45, 7) is -0.649. The first-order valence-electron chi connectivity index (χ1n) is 6.88. The molecule has 2 rings (SSSR count). The molecular weight excluding hydrogens is 347 g/mol. The van der Waals surface area contributed by atoms with E-state index in [0.717, 1.165) is 24.3 Å². The van der Waals surface area contributed by atoms with Crippen LogP contribution in [-0.4, -0.2) is 18.4 Å². The second-order valence-corrected chi connectivity index (χ2v) is 4.90. The molecule has 0 heterocycles. The summed E-state index contributed by atoms with van der Waals surface area (Å²) in [5, 5.41) is 4.14. The molecule has 0 radical (unpaired) electrons. The van der Waals surface area contributed by atoms with Crippen molar-refractivity contribution < 1.29 is 31.5 Å². The highest BCUT2D eigenvalue weighted by molar-refractivity contribution is 5.99. The van der Waals surface area contributed by atoms with Crippen LogP contribution in [0.2, 0.25) is 0 Å². The third-order valence-electron chi connectivity index (χ3n) is 3.10. The topological polar surface area (TPSA) is 58.2 Å². The van der Waals surface area contributed by atoms with E-state index in [0.29, 0.717) is 6.07 Å². The minimum absolute atomic E-state index is 0.234. The minimum Gasteiger partial charge on any atom is -0.343 e. The molecule has 2 aromatic rings. The lowest BCUT2D eigenvalue weighted by atomic mass is 10.1. The Kier molecular flexibility index (Phi) is 5.35. The molecule has 2 aromatic carbocycles. The molecule has 0 aliphatic rings. The van der Waals surface area contributed by atoms with Gasteiger partial charge in [-0.2, -0.15) is 13.2 Å². The number of para-hydroxylation sites is 1. The van der Waals surface area contributed by atoms with Crippen molar-refractivity contribution in [2.24, 2.45) is 0 Å². The predicted octanol–water partition coefficient (Wildman–Crippen LogP) is 3.35. The van der Waals surface area contributed by atoms with Gasteiger partial charge in [-0.25, -0.2) is 8.78 Å². The van der Waals surface area contributed by atoms with Gasteiger partial charge in [0.1, 0.15) is 0 Å². The van der Waals surface area contributed by atoms with Crippen molar-refractivity contribution in [3.8, 4) is 0 Å². The van der Waals surface area contributed by atoms with Crippen LogP contribution < -0.4 is 10.6 Å². The van der Waals surface area contributed by atoms with Gasteiger partial charge in [0.15, 0.2) is 11.6 Å². The van der Waals surface area contributed by atoms with Crippen LogP contribution in [0.15, 0.2) is 42.5 Å². The van der Waals surface area contributed by atoms with E-state index in [-0.39, 0.29) is 5.56 Å². The molecule has 9 heteroatoms. The monoisotopic (exact) mass is 358 g/mol. The molecule has 0 fully saturated rings. The highest BCUT2D eigenvalue weighted by Gasteiger charge is 2.33. The van der Waals surface area contributed by atoms with Crippen molar-refractivity contribution >= 4 is 17.5 Å². The van der Waals surface area contributed by atoms with Crippen molar-refractivity contribution in [2.45, 2.75) is 6.18 Å². The molecule has 0 atom stereocenters. The van der Waals surface area contributed by atoms with Crippen LogP contribution in [0.3, 0.4) is 0 Å². The molecule has 0 aromatic heterocycles. The summed E-state index contributed by atoms with van der Waals surface area (Å²) in [4.78, 5) is 23.5. The van der Waals surface area contributed by atoms with Gasteiger partial charge >= 0.3 is 6.18 Å². The molecule has 0 bridgehead atoms. The van der Waals surface area contributed by atoms with Crippen LogP contribution in [0.5, 0.6) is 0 Å².